The van der Waals surface area contributed by atoms with E-state index in [1.54, 1.807) is 13.0 Å². The first-order chi connectivity index (χ1) is 7.11. The van der Waals surface area contributed by atoms with Gasteiger partial charge in [0, 0.05) is 12.0 Å². The van der Waals surface area contributed by atoms with Crippen LogP contribution in [0.3, 0.4) is 0 Å². The van der Waals surface area contributed by atoms with Gasteiger partial charge in [0.2, 0.25) is 0 Å². The number of benzene rings is 1. The van der Waals surface area contributed by atoms with E-state index in [0.717, 1.165) is 11.8 Å². The van der Waals surface area contributed by atoms with E-state index in [1.807, 2.05) is 13.0 Å². The quantitative estimate of drug-likeness (QED) is 0.714. The Morgan fingerprint density at radius 3 is 2.73 bits per heavy atom. The molecule has 0 spiro atoms. The van der Waals surface area contributed by atoms with Gasteiger partial charge >= 0.3 is 0 Å². The lowest BCUT2D eigenvalue weighted by molar-refractivity contribution is -0.108. The molecule has 82 valence electrons. The molecule has 0 amide bonds. The van der Waals surface area contributed by atoms with Crippen LogP contribution in [-0.4, -0.2) is 13.4 Å². The first-order valence-electron chi connectivity index (χ1n) is 4.88. The fourth-order valence-electron chi connectivity index (χ4n) is 1.54. The van der Waals surface area contributed by atoms with E-state index in [0.29, 0.717) is 12.0 Å². The molecule has 1 unspecified atom stereocenters. The fourth-order valence-corrected chi connectivity index (χ4v) is 1.54. The topological polar surface area (TPSA) is 26.3 Å². The summed E-state index contributed by atoms with van der Waals surface area (Å²) in [5.41, 5.74) is 1.29. The fraction of sp³-hybridized carbons (Fsp3) is 0.417. The summed E-state index contributed by atoms with van der Waals surface area (Å²) < 4.78 is 18.7. The highest BCUT2D eigenvalue weighted by Gasteiger charge is 2.16. The van der Waals surface area contributed by atoms with E-state index in [4.69, 9.17) is 4.74 Å². The normalized spacial score (nSPS) is 12.3. The average Bonchev–Trinajstić information content (AvgIpc) is 2.22. The van der Waals surface area contributed by atoms with Gasteiger partial charge in [-0.2, -0.15) is 0 Å². The standard InChI is InChI=1S/C12H15FO2/c1-8(6-7-14)10-5-4-9(2)11(13)12(10)15-3/h4-5,7-8H,6H2,1-3H3. The van der Waals surface area contributed by atoms with Gasteiger partial charge in [0.25, 0.3) is 0 Å². The maximum atomic E-state index is 13.6. The van der Waals surface area contributed by atoms with E-state index in [9.17, 15) is 9.18 Å². The lowest BCUT2D eigenvalue weighted by Crippen LogP contribution is -2.02. The van der Waals surface area contributed by atoms with Crippen LogP contribution in [0.25, 0.3) is 0 Å². The molecule has 0 N–H and O–H groups in total. The summed E-state index contributed by atoms with van der Waals surface area (Å²) in [6.45, 7) is 3.56. The molecule has 0 aromatic heterocycles. The van der Waals surface area contributed by atoms with Crippen molar-refractivity contribution in [2.75, 3.05) is 7.11 Å². The van der Waals surface area contributed by atoms with Crippen LogP contribution < -0.4 is 4.74 Å². The third-order valence-electron chi connectivity index (χ3n) is 2.51. The summed E-state index contributed by atoms with van der Waals surface area (Å²) in [7, 11) is 1.44. The summed E-state index contributed by atoms with van der Waals surface area (Å²) in [4.78, 5) is 10.4. The minimum atomic E-state index is -0.340. The molecule has 2 nitrogen and oxygen atoms in total. The summed E-state index contributed by atoms with van der Waals surface area (Å²) >= 11 is 0. The molecule has 0 saturated carbocycles. The van der Waals surface area contributed by atoms with Gasteiger partial charge in [-0.05, 0) is 18.4 Å². The molecule has 0 bridgehead atoms. The molecular weight excluding hydrogens is 195 g/mol. The van der Waals surface area contributed by atoms with E-state index in [2.05, 4.69) is 0 Å². The Balaban J connectivity index is 3.17. The monoisotopic (exact) mass is 210 g/mol. The van der Waals surface area contributed by atoms with Crippen LogP contribution in [0.4, 0.5) is 4.39 Å². The molecule has 0 radical (unpaired) electrons. The van der Waals surface area contributed by atoms with Gasteiger partial charge in [-0.1, -0.05) is 19.1 Å². The first-order valence-corrected chi connectivity index (χ1v) is 4.88. The second-order valence-electron chi connectivity index (χ2n) is 3.62. The summed E-state index contributed by atoms with van der Waals surface area (Å²) in [5.74, 6) is -0.107. The number of hydrogen-bond donors (Lipinski definition) is 0. The van der Waals surface area contributed by atoms with Crippen LogP contribution in [0.15, 0.2) is 12.1 Å². The van der Waals surface area contributed by atoms with Crippen molar-refractivity contribution in [1.29, 1.82) is 0 Å². The van der Waals surface area contributed by atoms with Crippen LogP contribution >= 0.6 is 0 Å². The van der Waals surface area contributed by atoms with Crippen molar-refractivity contribution in [1.82, 2.24) is 0 Å². The predicted molar refractivity (Wildman–Crippen MR) is 56.8 cm³/mol. The highest BCUT2D eigenvalue weighted by Crippen LogP contribution is 2.32. The molecule has 15 heavy (non-hydrogen) atoms. The average molecular weight is 210 g/mol. The number of hydrogen-bond acceptors (Lipinski definition) is 2. The van der Waals surface area contributed by atoms with Gasteiger partial charge in [0.1, 0.15) is 6.29 Å². The Labute approximate surface area is 89.1 Å². The molecular formula is C12H15FO2. The Morgan fingerprint density at radius 1 is 1.53 bits per heavy atom. The zero-order valence-corrected chi connectivity index (χ0v) is 9.21. The number of aldehydes is 1. The highest BCUT2D eigenvalue weighted by molar-refractivity contribution is 5.53. The zero-order valence-electron chi connectivity index (χ0n) is 9.21. The molecule has 1 atom stereocenters. The van der Waals surface area contributed by atoms with Gasteiger partial charge in [-0.3, -0.25) is 0 Å². The highest BCUT2D eigenvalue weighted by atomic mass is 19.1. The van der Waals surface area contributed by atoms with Gasteiger partial charge in [0.05, 0.1) is 7.11 Å². The summed E-state index contributed by atoms with van der Waals surface area (Å²) in [6.07, 6.45) is 1.21. The minimum absolute atomic E-state index is 0.0208. The van der Waals surface area contributed by atoms with Crippen molar-refractivity contribution in [2.24, 2.45) is 0 Å². The first kappa shape index (κ1) is 11.7. The smallest absolute Gasteiger partial charge is 0.168 e. The number of aryl methyl sites for hydroxylation is 1. The number of halogens is 1. The Morgan fingerprint density at radius 2 is 2.20 bits per heavy atom. The third kappa shape index (κ3) is 2.35. The molecule has 1 rings (SSSR count). The van der Waals surface area contributed by atoms with E-state index in [-0.39, 0.29) is 17.5 Å². The second-order valence-corrected chi connectivity index (χ2v) is 3.62. The maximum Gasteiger partial charge on any atom is 0.168 e. The number of carbonyl (C=O) groups is 1. The summed E-state index contributed by atoms with van der Waals surface area (Å²) in [5, 5.41) is 0. The van der Waals surface area contributed by atoms with Gasteiger partial charge in [-0.25, -0.2) is 4.39 Å². The lowest BCUT2D eigenvalue weighted by Gasteiger charge is -2.15. The molecule has 0 fully saturated rings. The SMILES string of the molecule is COc1c(C(C)CC=O)ccc(C)c1F. The van der Waals surface area contributed by atoms with Gasteiger partial charge in [-0.15, -0.1) is 0 Å². The zero-order chi connectivity index (χ0) is 11.4. The predicted octanol–water partition coefficient (Wildman–Crippen LogP) is 2.84. The van der Waals surface area contributed by atoms with Gasteiger partial charge in [0.15, 0.2) is 11.6 Å². The van der Waals surface area contributed by atoms with E-state index >= 15 is 0 Å². The van der Waals surface area contributed by atoms with Crippen LogP contribution in [-0.2, 0) is 4.79 Å². The second kappa shape index (κ2) is 4.91. The van der Waals surface area contributed by atoms with E-state index in [1.165, 1.54) is 7.11 Å². The molecule has 3 heteroatoms. The van der Waals surface area contributed by atoms with Crippen LogP contribution in [0, 0.1) is 12.7 Å². The molecule has 0 heterocycles. The molecule has 0 aliphatic rings. The van der Waals surface area contributed by atoms with Crippen molar-refractivity contribution < 1.29 is 13.9 Å². The van der Waals surface area contributed by atoms with E-state index < -0.39 is 0 Å². The number of rotatable bonds is 4. The maximum absolute atomic E-state index is 13.6. The lowest BCUT2D eigenvalue weighted by atomic mass is 9.96. The van der Waals surface area contributed by atoms with Crippen LogP contribution in [0.2, 0.25) is 0 Å². The minimum Gasteiger partial charge on any atom is -0.493 e. The largest absolute Gasteiger partial charge is 0.493 e. The van der Waals surface area contributed by atoms with Crippen LogP contribution in [0.1, 0.15) is 30.4 Å². The molecule has 0 saturated heterocycles. The van der Waals surface area contributed by atoms with Crippen molar-refractivity contribution >= 4 is 6.29 Å². The number of carbonyl (C=O) groups excluding carboxylic acids is 1. The number of methoxy groups -OCH3 is 1. The number of ether oxygens (including phenoxy) is 1. The molecule has 1 aromatic carbocycles. The van der Waals surface area contributed by atoms with Crippen molar-refractivity contribution in [3.05, 3.63) is 29.1 Å². The third-order valence-corrected chi connectivity index (χ3v) is 2.51. The van der Waals surface area contributed by atoms with Crippen molar-refractivity contribution in [3.63, 3.8) is 0 Å². The Kier molecular flexibility index (Phi) is 3.83. The van der Waals surface area contributed by atoms with Crippen molar-refractivity contribution in [3.8, 4) is 5.75 Å². The Hall–Kier alpha value is -1.38. The van der Waals surface area contributed by atoms with Crippen molar-refractivity contribution in [2.45, 2.75) is 26.2 Å². The molecule has 1 aromatic rings. The van der Waals surface area contributed by atoms with Gasteiger partial charge < -0.3 is 9.53 Å². The molecule has 0 aliphatic carbocycles. The molecule has 0 aliphatic heterocycles. The Bertz CT molecular complexity index is 361. The van der Waals surface area contributed by atoms with Crippen LogP contribution in [0.5, 0.6) is 5.75 Å². The summed E-state index contributed by atoms with van der Waals surface area (Å²) in [6, 6.07) is 3.51.